The third kappa shape index (κ3) is 6.37. The smallest absolute Gasteiger partial charge is 0.191 e. The minimum absolute atomic E-state index is 0. The molecule has 0 unspecified atom stereocenters. The lowest BCUT2D eigenvalue weighted by Crippen LogP contribution is -2.44. The van der Waals surface area contributed by atoms with E-state index in [1.165, 1.54) is 25.7 Å². The number of rotatable bonds is 5. The first-order valence-electron chi connectivity index (χ1n) is 8.53. The zero-order chi connectivity index (χ0) is 16.7. The van der Waals surface area contributed by atoms with E-state index >= 15 is 0 Å². The summed E-state index contributed by atoms with van der Waals surface area (Å²) in [4.78, 5) is 4.61. The van der Waals surface area contributed by atoms with Crippen LogP contribution in [0.15, 0.2) is 23.2 Å². The first-order valence-corrected chi connectivity index (χ1v) is 8.53. The summed E-state index contributed by atoms with van der Waals surface area (Å²) in [6.45, 7) is 5.62. The molecule has 136 valence electrons. The zero-order valence-corrected chi connectivity index (χ0v) is 17.2. The number of nitrogens with one attached hydrogen (secondary N) is 2. The number of hydrogen-bond acceptors (Lipinski definition) is 3. The summed E-state index contributed by atoms with van der Waals surface area (Å²) in [5.41, 5.74) is 0.763. The number of phenolic OH excluding ortho intramolecular Hbond substituents is 1. The Hall–Kier alpha value is -1.18. The van der Waals surface area contributed by atoms with Crippen molar-refractivity contribution in [1.29, 1.82) is 0 Å². The van der Waals surface area contributed by atoms with Gasteiger partial charge in [-0.1, -0.05) is 6.92 Å². The van der Waals surface area contributed by atoms with Gasteiger partial charge >= 0.3 is 0 Å². The summed E-state index contributed by atoms with van der Waals surface area (Å²) in [6, 6.07) is 5.70. The molecule has 0 heterocycles. The standard InChI is InChI=1S/C18H29N3O2.HI/c1-4-19-18(21-15-7-5-13(2)6-8-15)20-12-14-11-16(23-3)9-10-17(14)22;/h9-11,13,15,22H,4-8,12H2,1-3H3,(H2,19,20,21);1H. The molecule has 3 N–H and O–H groups in total. The molecule has 0 saturated heterocycles. The van der Waals surface area contributed by atoms with Gasteiger partial charge in [0, 0.05) is 18.2 Å². The second-order valence-corrected chi connectivity index (χ2v) is 6.29. The molecular formula is C18H30IN3O2. The highest BCUT2D eigenvalue weighted by Crippen LogP contribution is 2.24. The zero-order valence-electron chi connectivity index (χ0n) is 14.8. The van der Waals surface area contributed by atoms with Gasteiger partial charge in [-0.15, -0.1) is 24.0 Å². The second kappa shape index (κ2) is 10.6. The summed E-state index contributed by atoms with van der Waals surface area (Å²) in [5, 5.41) is 16.8. The molecule has 2 rings (SSSR count). The molecule has 0 radical (unpaired) electrons. The largest absolute Gasteiger partial charge is 0.508 e. The van der Waals surface area contributed by atoms with E-state index in [0.29, 0.717) is 12.6 Å². The Bertz CT molecular complexity index is 529. The fourth-order valence-corrected chi connectivity index (χ4v) is 2.90. The molecule has 0 amide bonds. The number of benzene rings is 1. The SMILES string of the molecule is CCNC(=NCc1cc(OC)ccc1O)NC1CCC(C)CC1.I. The van der Waals surface area contributed by atoms with Gasteiger partial charge in [-0.25, -0.2) is 4.99 Å². The van der Waals surface area contributed by atoms with Crippen molar-refractivity contribution in [3.8, 4) is 11.5 Å². The van der Waals surface area contributed by atoms with E-state index in [1.807, 2.05) is 6.07 Å². The van der Waals surface area contributed by atoms with Crippen LogP contribution in [0.2, 0.25) is 0 Å². The minimum Gasteiger partial charge on any atom is -0.508 e. The maximum atomic E-state index is 9.96. The third-order valence-corrected chi connectivity index (χ3v) is 4.40. The number of phenols is 1. The lowest BCUT2D eigenvalue weighted by molar-refractivity contribution is 0.329. The summed E-state index contributed by atoms with van der Waals surface area (Å²) in [6.07, 6.45) is 4.92. The van der Waals surface area contributed by atoms with E-state index in [9.17, 15) is 5.11 Å². The first kappa shape index (κ1) is 20.9. The monoisotopic (exact) mass is 447 g/mol. The van der Waals surface area contributed by atoms with Gasteiger partial charge in [-0.05, 0) is 56.7 Å². The predicted molar refractivity (Wildman–Crippen MR) is 109 cm³/mol. The van der Waals surface area contributed by atoms with E-state index in [4.69, 9.17) is 4.74 Å². The van der Waals surface area contributed by atoms with Gasteiger partial charge < -0.3 is 20.5 Å². The molecule has 1 aromatic rings. The molecule has 0 spiro atoms. The van der Waals surface area contributed by atoms with E-state index < -0.39 is 0 Å². The van der Waals surface area contributed by atoms with E-state index in [1.54, 1.807) is 19.2 Å². The summed E-state index contributed by atoms with van der Waals surface area (Å²) < 4.78 is 5.20. The Balaban J connectivity index is 0.00000288. The molecule has 1 aliphatic rings. The Labute approximate surface area is 162 Å². The molecule has 6 heteroatoms. The number of aliphatic imine (C=N–C) groups is 1. The van der Waals surface area contributed by atoms with Gasteiger partial charge in [0.1, 0.15) is 11.5 Å². The summed E-state index contributed by atoms with van der Waals surface area (Å²) in [5.74, 6) is 2.62. The quantitative estimate of drug-likeness (QED) is 0.366. The fraction of sp³-hybridized carbons (Fsp3) is 0.611. The molecule has 24 heavy (non-hydrogen) atoms. The molecule has 0 bridgehead atoms. The van der Waals surface area contributed by atoms with Crippen LogP contribution in [0.5, 0.6) is 11.5 Å². The highest BCUT2D eigenvalue weighted by Gasteiger charge is 2.18. The number of guanidine groups is 1. The highest BCUT2D eigenvalue weighted by molar-refractivity contribution is 14.0. The van der Waals surface area contributed by atoms with Crippen LogP contribution in [-0.4, -0.2) is 30.8 Å². The van der Waals surface area contributed by atoms with Gasteiger partial charge in [-0.3, -0.25) is 0 Å². The number of ether oxygens (including phenoxy) is 1. The molecule has 1 fully saturated rings. The lowest BCUT2D eigenvalue weighted by atomic mass is 9.87. The molecule has 0 aliphatic heterocycles. The van der Waals surface area contributed by atoms with Crippen LogP contribution >= 0.6 is 24.0 Å². The van der Waals surface area contributed by atoms with Crippen molar-refractivity contribution in [3.63, 3.8) is 0 Å². The number of halogens is 1. The maximum absolute atomic E-state index is 9.96. The molecule has 1 saturated carbocycles. The number of hydrogen-bond donors (Lipinski definition) is 3. The molecule has 1 aromatic carbocycles. The van der Waals surface area contributed by atoms with Crippen LogP contribution in [-0.2, 0) is 6.54 Å². The first-order chi connectivity index (χ1) is 11.1. The van der Waals surface area contributed by atoms with Crippen LogP contribution in [0.3, 0.4) is 0 Å². The summed E-state index contributed by atoms with van der Waals surface area (Å²) >= 11 is 0. The Kier molecular flexibility index (Phi) is 9.25. The van der Waals surface area contributed by atoms with Gasteiger partial charge in [0.25, 0.3) is 0 Å². The third-order valence-electron chi connectivity index (χ3n) is 4.40. The second-order valence-electron chi connectivity index (χ2n) is 6.29. The van der Waals surface area contributed by atoms with Gasteiger partial charge in [0.05, 0.1) is 13.7 Å². The van der Waals surface area contributed by atoms with Crippen molar-refractivity contribution in [2.45, 2.75) is 52.1 Å². The van der Waals surface area contributed by atoms with Crippen LogP contribution < -0.4 is 15.4 Å². The van der Waals surface area contributed by atoms with E-state index in [2.05, 4.69) is 29.5 Å². The topological polar surface area (TPSA) is 65.9 Å². The average Bonchev–Trinajstić information content (AvgIpc) is 2.56. The lowest BCUT2D eigenvalue weighted by Gasteiger charge is -2.28. The molecule has 1 aliphatic carbocycles. The Morgan fingerprint density at radius 3 is 2.62 bits per heavy atom. The fourth-order valence-electron chi connectivity index (χ4n) is 2.90. The predicted octanol–water partition coefficient (Wildman–Crippen LogP) is 3.65. The van der Waals surface area contributed by atoms with Gasteiger partial charge in [0.15, 0.2) is 5.96 Å². The van der Waals surface area contributed by atoms with Gasteiger partial charge in [0.2, 0.25) is 0 Å². The van der Waals surface area contributed by atoms with Gasteiger partial charge in [-0.2, -0.15) is 0 Å². The van der Waals surface area contributed by atoms with Crippen molar-refractivity contribution in [1.82, 2.24) is 10.6 Å². The van der Waals surface area contributed by atoms with Crippen molar-refractivity contribution < 1.29 is 9.84 Å². The van der Waals surface area contributed by atoms with E-state index in [-0.39, 0.29) is 29.7 Å². The Morgan fingerprint density at radius 2 is 2.00 bits per heavy atom. The highest BCUT2D eigenvalue weighted by atomic mass is 127. The molecule has 5 nitrogen and oxygen atoms in total. The number of methoxy groups -OCH3 is 1. The van der Waals surface area contributed by atoms with E-state index in [0.717, 1.165) is 29.7 Å². The maximum Gasteiger partial charge on any atom is 0.191 e. The van der Waals surface area contributed by atoms with Crippen LogP contribution in [0.4, 0.5) is 0 Å². The average molecular weight is 447 g/mol. The normalized spacial score (nSPS) is 20.9. The van der Waals surface area contributed by atoms with Crippen molar-refractivity contribution in [3.05, 3.63) is 23.8 Å². The summed E-state index contributed by atoms with van der Waals surface area (Å²) in [7, 11) is 1.62. The molecule has 0 atom stereocenters. The van der Waals surface area contributed by atoms with Crippen LogP contribution in [0.25, 0.3) is 0 Å². The number of aromatic hydroxyl groups is 1. The van der Waals surface area contributed by atoms with Crippen molar-refractivity contribution >= 4 is 29.9 Å². The Morgan fingerprint density at radius 1 is 1.29 bits per heavy atom. The van der Waals surface area contributed by atoms with Crippen LogP contribution in [0.1, 0.15) is 45.1 Å². The number of nitrogens with zero attached hydrogens (tertiary/aromatic N) is 1. The van der Waals surface area contributed by atoms with Crippen LogP contribution in [0, 0.1) is 5.92 Å². The molecular weight excluding hydrogens is 417 g/mol. The van der Waals surface area contributed by atoms with Crippen molar-refractivity contribution in [2.24, 2.45) is 10.9 Å². The van der Waals surface area contributed by atoms with Crippen molar-refractivity contribution in [2.75, 3.05) is 13.7 Å². The minimum atomic E-state index is 0. The molecule has 0 aromatic heterocycles.